The molecule has 0 unspecified atom stereocenters. The Kier molecular flexibility index (Phi) is 3.70. The lowest BCUT2D eigenvalue weighted by Gasteiger charge is -2.34. The highest BCUT2D eigenvalue weighted by Gasteiger charge is 2.30. The minimum Gasteiger partial charge on any atom is -0.337 e. The Morgan fingerprint density at radius 3 is 2.70 bits per heavy atom. The number of hydrogen-bond donors (Lipinski definition) is 0. The summed E-state index contributed by atoms with van der Waals surface area (Å²) in [5.74, 6) is 0.628. The van der Waals surface area contributed by atoms with Crippen LogP contribution >= 0.6 is 0 Å². The van der Waals surface area contributed by atoms with Crippen LogP contribution in [0.3, 0.4) is 0 Å². The quantitative estimate of drug-likeness (QED) is 0.695. The monoisotopic (exact) mass is 306 g/mol. The highest BCUT2D eigenvalue weighted by Crippen LogP contribution is 2.43. The minimum absolute atomic E-state index is 0.170. The molecule has 0 bridgehead atoms. The maximum absolute atomic E-state index is 13.3. The van der Waals surface area contributed by atoms with Gasteiger partial charge in [-0.15, -0.1) is 0 Å². The topological polar surface area (TPSA) is 17.8 Å². The van der Waals surface area contributed by atoms with Crippen molar-refractivity contribution in [1.82, 2.24) is 9.55 Å². The van der Waals surface area contributed by atoms with Gasteiger partial charge in [0.1, 0.15) is 5.82 Å². The van der Waals surface area contributed by atoms with Gasteiger partial charge in [0, 0.05) is 24.9 Å². The van der Waals surface area contributed by atoms with Crippen molar-refractivity contribution >= 4 is 0 Å². The van der Waals surface area contributed by atoms with Crippen molar-refractivity contribution in [3.8, 4) is 0 Å². The van der Waals surface area contributed by atoms with E-state index in [2.05, 4.69) is 33.8 Å². The second-order valence-electron chi connectivity index (χ2n) is 6.26. The highest BCUT2D eigenvalue weighted by molar-refractivity contribution is 5.38. The molecule has 4 rings (SSSR count). The van der Waals surface area contributed by atoms with E-state index in [0.29, 0.717) is 11.8 Å². The van der Waals surface area contributed by atoms with Crippen LogP contribution in [0.2, 0.25) is 0 Å². The molecule has 1 aliphatic rings. The smallest absolute Gasteiger partial charge is 0.123 e. The van der Waals surface area contributed by atoms with Gasteiger partial charge in [0.2, 0.25) is 0 Å². The molecule has 0 N–H and O–H groups in total. The van der Waals surface area contributed by atoms with Crippen LogP contribution in [0.25, 0.3) is 0 Å². The Hall–Kier alpha value is -2.42. The Balaban J connectivity index is 1.74. The van der Waals surface area contributed by atoms with Crippen LogP contribution < -0.4 is 0 Å². The lowest BCUT2D eigenvalue weighted by Crippen LogP contribution is -2.23. The van der Waals surface area contributed by atoms with E-state index in [1.165, 1.54) is 16.7 Å². The highest BCUT2D eigenvalue weighted by atomic mass is 19.1. The summed E-state index contributed by atoms with van der Waals surface area (Å²) >= 11 is 0. The van der Waals surface area contributed by atoms with Crippen LogP contribution in [0.5, 0.6) is 0 Å². The molecule has 0 spiro atoms. The number of imidazole rings is 1. The molecule has 0 saturated heterocycles. The van der Waals surface area contributed by atoms with Crippen LogP contribution in [0.4, 0.5) is 4.39 Å². The zero-order valence-electron chi connectivity index (χ0n) is 12.9. The van der Waals surface area contributed by atoms with Crippen molar-refractivity contribution in [2.24, 2.45) is 0 Å². The molecule has 0 radical (unpaired) electrons. The summed E-state index contributed by atoms with van der Waals surface area (Å²) in [6, 6.07) is 15.7. The number of benzene rings is 2. The molecular formula is C20H19FN2. The number of hydrogen-bond acceptors (Lipinski definition) is 1. The van der Waals surface area contributed by atoms with Gasteiger partial charge < -0.3 is 4.57 Å². The number of aryl methyl sites for hydroxylation is 1. The maximum atomic E-state index is 13.3. The van der Waals surface area contributed by atoms with E-state index in [0.717, 1.165) is 19.4 Å². The minimum atomic E-state index is -0.170. The van der Waals surface area contributed by atoms with E-state index in [9.17, 15) is 4.39 Å². The Labute approximate surface area is 135 Å². The fourth-order valence-electron chi connectivity index (χ4n) is 3.81. The van der Waals surface area contributed by atoms with E-state index < -0.39 is 0 Å². The lowest BCUT2D eigenvalue weighted by atomic mass is 9.72. The first kappa shape index (κ1) is 14.2. The number of aromatic nitrogens is 2. The summed E-state index contributed by atoms with van der Waals surface area (Å²) in [5, 5.41) is 0. The molecular weight excluding hydrogens is 287 g/mol. The van der Waals surface area contributed by atoms with E-state index in [1.807, 2.05) is 30.9 Å². The summed E-state index contributed by atoms with van der Waals surface area (Å²) in [6.07, 6.45) is 7.89. The van der Waals surface area contributed by atoms with Gasteiger partial charge in [-0.3, -0.25) is 0 Å². The third-order valence-electron chi connectivity index (χ3n) is 4.93. The van der Waals surface area contributed by atoms with Gasteiger partial charge in [0.25, 0.3) is 0 Å². The van der Waals surface area contributed by atoms with E-state index in [-0.39, 0.29) is 5.82 Å². The Morgan fingerprint density at radius 2 is 1.91 bits per heavy atom. The second kappa shape index (κ2) is 5.99. The average Bonchev–Trinajstić information content (AvgIpc) is 3.09. The predicted molar refractivity (Wildman–Crippen MR) is 88.9 cm³/mol. The van der Waals surface area contributed by atoms with Crippen molar-refractivity contribution in [2.45, 2.75) is 31.2 Å². The van der Waals surface area contributed by atoms with Crippen molar-refractivity contribution in [3.63, 3.8) is 0 Å². The van der Waals surface area contributed by atoms with Crippen LogP contribution in [-0.2, 0) is 13.0 Å². The normalized spacial score (nSPS) is 20.2. The fraction of sp³-hybridized carbons (Fsp3) is 0.250. The molecule has 3 aromatic rings. The van der Waals surface area contributed by atoms with Crippen LogP contribution in [-0.4, -0.2) is 9.55 Å². The molecule has 2 nitrogen and oxygen atoms in total. The standard InChI is InChI=1S/C20H19FN2/c21-17-8-5-16(6-9-17)19-10-7-15-3-1-2-4-18(15)20(19)13-23-12-11-22-14-23/h1-6,8-9,11-12,14,19-20H,7,10,13H2/t19-,20+/m1/s1. The zero-order chi connectivity index (χ0) is 15.6. The predicted octanol–water partition coefficient (Wildman–Crippen LogP) is 4.54. The van der Waals surface area contributed by atoms with E-state index in [1.54, 1.807) is 12.1 Å². The van der Waals surface area contributed by atoms with Crippen molar-refractivity contribution in [2.75, 3.05) is 0 Å². The molecule has 0 saturated carbocycles. The summed E-state index contributed by atoms with van der Waals surface area (Å²) in [5.41, 5.74) is 4.09. The van der Waals surface area contributed by atoms with Gasteiger partial charge in [-0.1, -0.05) is 36.4 Å². The lowest BCUT2D eigenvalue weighted by molar-refractivity contribution is 0.422. The van der Waals surface area contributed by atoms with E-state index >= 15 is 0 Å². The summed E-state index contributed by atoms with van der Waals surface area (Å²) < 4.78 is 15.4. The summed E-state index contributed by atoms with van der Waals surface area (Å²) in [6.45, 7) is 0.902. The van der Waals surface area contributed by atoms with Crippen molar-refractivity contribution < 1.29 is 4.39 Å². The molecule has 2 atom stereocenters. The third kappa shape index (κ3) is 2.79. The molecule has 0 fully saturated rings. The average molecular weight is 306 g/mol. The van der Waals surface area contributed by atoms with Gasteiger partial charge in [-0.2, -0.15) is 0 Å². The van der Waals surface area contributed by atoms with E-state index in [4.69, 9.17) is 0 Å². The van der Waals surface area contributed by atoms with Gasteiger partial charge >= 0.3 is 0 Å². The van der Waals surface area contributed by atoms with Crippen LogP contribution in [0.1, 0.15) is 34.9 Å². The molecule has 0 amide bonds. The molecule has 116 valence electrons. The molecule has 1 aliphatic carbocycles. The molecule has 0 aliphatic heterocycles. The summed E-state index contributed by atoms with van der Waals surface area (Å²) in [4.78, 5) is 4.17. The molecule has 23 heavy (non-hydrogen) atoms. The number of halogens is 1. The Bertz CT molecular complexity index is 778. The molecule has 2 aromatic carbocycles. The maximum Gasteiger partial charge on any atom is 0.123 e. The molecule has 1 aromatic heterocycles. The molecule has 1 heterocycles. The van der Waals surface area contributed by atoms with Crippen molar-refractivity contribution in [1.29, 1.82) is 0 Å². The van der Waals surface area contributed by atoms with Gasteiger partial charge in [-0.25, -0.2) is 9.37 Å². The SMILES string of the molecule is Fc1ccc([C@H]2CCc3ccccc3[C@@H]2Cn2ccnc2)cc1. The summed E-state index contributed by atoms with van der Waals surface area (Å²) in [7, 11) is 0. The van der Waals surface area contributed by atoms with Crippen LogP contribution in [0, 0.1) is 5.82 Å². The second-order valence-corrected chi connectivity index (χ2v) is 6.26. The van der Waals surface area contributed by atoms with Crippen molar-refractivity contribution in [3.05, 3.63) is 89.8 Å². The fourth-order valence-corrected chi connectivity index (χ4v) is 3.81. The third-order valence-corrected chi connectivity index (χ3v) is 4.93. The van der Waals surface area contributed by atoms with Gasteiger partial charge in [-0.05, 0) is 47.6 Å². The first-order valence-electron chi connectivity index (χ1n) is 8.10. The first-order chi connectivity index (χ1) is 11.3. The number of fused-ring (bicyclic) bond motifs is 1. The molecule has 3 heteroatoms. The largest absolute Gasteiger partial charge is 0.337 e. The van der Waals surface area contributed by atoms with Crippen LogP contribution in [0.15, 0.2) is 67.3 Å². The Morgan fingerprint density at radius 1 is 1.09 bits per heavy atom. The first-order valence-corrected chi connectivity index (χ1v) is 8.10. The van der Waals surface area contributed by atoms with Gasteiger partial charge in [0.05, 0.1) is 6.33 Å². The number of rotatable bonds is 3. The number of nitrogens with zero attached hydrogens (tertiary/aromatic N) is 2. The zero-order valence-corrected chi connectivity index (χ0v) is 12.9. The van der Waals surface area contributed by atoms with Gasteiger partial charge in [0.15, 0.2) is 0 Å².